The molecule has 0 aromatic heterocycles. The summed E-state index contributed by atoms with van der Waals surface area (Å²) < 4.78 is 36.2. The van der Waals surface area contributed by atoms with E-state index in [2.05, 4.69) is 0 Å². The molecule has 1 saturated heterocycles. The zero-order valence-corrected chi connectivity index (χ0v) is 25.7. The Hall–Kier alpha value is -2.95. The molecule has 2 aliphatic heterocycles. The van der Waals surface area contributed by atoms with Crippen LogP contribution in [0, 0.1) is 23.7 Å². The van der Waals surface area contributed by atoms with E-state index >= 15 is 0 Å². The van der Waals surface area contributed by atoms with E-state index in [0.29, 0.717) is 12.0 Å². The summed E-state index contributed by atoms with van der Waals surface area (Å²) in [5.74, 6) is -4.48. The van der Waals surface area contributed by atoms with Gasteiger partial charge in [0.1, 0.15) is 23.9 Å². The van der Waals surface area contributed by atoms with Gasteiger partial charge in [-0.25, -0.2) is 0 Å². The van der Waals surface area contributed by atoms with Gasteiger partial charge in [0.25, 0.3) is 0 Å². The molecule has 3 rings (SSSR count). The Balaban J connectivity index is 2.36. The van der Waals surface area contributed by atoms with Crippen molar-refractivity contribution in [3.05, 3.63) is 11.6 Å². The minimum atomic E-state index is -1.52. The van der Waals surface area contributed by atoms with Gasteiger partial charge >= 0.3 is 29.8 Å². The molecule has 41 heavy (non-hydrogen) atoms. The lowest BCUT2D eigenvalue weighted by molar-refractivity contribution is -0.248. The first kappa shape index (κ1) is 32.6. The van der Waals surface area contributed by atoms with Crippen LogP contribution in [0.15, 0.2) is 11.6 Å². The summed E-state index contributed by atoms with van der Waals surface area (Å²) in [6.45, 7) is 15.6. The summed E-state index contributed by atoms with van der Waals surface area (Å²) in [6, 6.07) is 0. The van der Waals surface area contributed by atoms with Crippen LogP contribution in [-0.4, -0.2) is 71.6 Å². The third-order valence-electron chi connectivity index (χ3n) is 8.62. The molecule has 0 aromatic carbocycles. The first-order chi connectivity index (χ1) is 18.9. The molecule has 11 heteroatoms. The largest absolute Gasteiger partial charge is 0.458 e. The van der Waals surface area contributed by atoms with Crippen LogP contribution in [-0.2, 0) is 52.4 Å². The monoisotopic (exact) mass is 580 g/mol. The third kappa shape index (κ3) is 6.60. The summed E-state index contributed by atoms with van der Waals surface area (Å²) in [5, 5.41) is 0. The zero-order chi connectivity index (χ0) is 31.0. The smallest absolute Gasteiger partial charge is 0.303 e. The highest BCUT2D eigenvalue weighted by Gasteiger charge is 2.71. The van der Waals surface area contributed by atoms with Gasteiger partial charge in [-0.2, -0.15) is 0 Å². The van der Waals surface area contributed by atoms with Gasteiger partial charge in [-0.15, -0.1) is 0 Å². The number of hydrogen-bond acceptors (Lipinski definition) is 11. The van der Waals surface area contributed by atoms with Crippen LogP contribution in [0.3, 0.4) is 0 Å². The van der Waals surface area contributed by atoms with E-state index in [-0.39, 0.29) is 12.3 Å². The lowest BCUT2D eigenvalue weighted by Crippen LogP contribution is -2.69. The molecular formula is C30H44O11. The first-order valence-corrected chi connectivity index (χ1v) is 14.2. The van der Waals surface area contributed by atoms with E-state index < -0.39 is 89.3 Å². The van der Waals surface area contributed by atoms with Gasteiger partial charge in [-0.1, -0.05) is 19.9 Å². The molecule has 0 radical (unpaired) electrons. The summed E-state index contributed by atoms with van der Waals surface area (Å²) in [6.07, 6.45) is -1.71. The molecule has 3 aliphatic rings. The van der Waals surface area contributed by atoms with Gasteiger partial charge in [-0.3, -0.25) is 24.0 Å². The van der Waals surface area contributed by atoms with Gasteiger partial charge in [0.15, 0.2) is 11.7 Å². The molecule has 0 N–H and O–H groups in total. The van der Waals surface area contributed by atoms with Gasteiger partial charge in [0.05, 0.1) is 6.10 Å². The highest BCUT2D eigenvalue weighted by atomic mass is 16.6. The van der Waals surface area contributed by atoms with Crippen molar-refractivity contribution in [3.8, 4) is 0 Å². The summed E-state index contributed by atoms with van der Waals surface area (Å²) in [5.41, 5.74) is -1.99. The Morgan fingerprint density at radius 3 is 1.90 bits per heavy atom. The van der Waals surface area contributed by atoms with Crippen molar-refractivity contribution in [2.24, 2.45) is 23.7 Å². The second kappa shape index (κ2) is 12.1. The number of carbonyl (C=O) groups excluding carboxylic acids is 5. The number of ether oxygens (including phenoxy) is 6. The topological polar surface area (TPSA) is 141 Å². The molecule has 11 nitrogen and oxygen atoms in total. The van der Waals surface area contributed by atoms with Crippen molar-refractivity contribution in [3.63, 3.8) is 0 Å². The highest BCUT2D eigenvalue weighted by Crippen LogP contribution is 2.59. The van der Waals surface area contributed by atoms with Gasteiger partial charge in [0, 0.05) is 52.4 Å². The quantitative estimate of drug-likeness (QED) is 0.259. The highest BCUT2D eigenvalue weighted by molar-refractivity contribution is 5.69. The van der Waals surface area contributed by atoms with E-state index in [9.17, 15) is 24.0 Å². The summed E-state index contributed by atoms with van der Waals surface area (Å²) in [4.78, 5) is 61.9. The minimum Gasteiger partial charge on any atom is -0.458 e. The zero-order valence-electron chi connectivity index (χ0n) is 25.7. The number of hydrogen-bond donors (Lipinski definition) is 0. The standard InChI is InChI=1S/C30H44O11/c1-14(2)23-24-25(30(10,41-20(8)35)28(38-18(6)33)26(23)37-17(5)32)22-13-15(3)21(36-16(4)31)11-12-29(9,27(24)39-22)40-19(7)34/h13-14,21-28H,11-12H2,1-10H3/b15-13-/t21-,22+,23+,24+,25+,26-,27+,28-,29+,30-/m0/s1. The van der Waals surface area contributed by atoms with E-state index in [1.807, 2.05) is 26.8 Å². The molecule has 1 aliphatic carbocycles. The van der Waals surface area contributed by atoms with E-state index in [4.69, 9.17) is 28.4 Å². The van der Waals surface area contributed by atoms with Gasteiger partial charge in [-0.05, 0) is 45.1 Å². The van der Waals surface area contributed by atoms with Crippen LogP contribution < -0.4 is 0 Å². The minimum absolute atomic E-state index is 0.125. The summed E-state index contributed by atoms with van der Waals surface area (Å²) in [7, 11) is 0. The van der Waals surface area contributed by atoms with Crippen LogP contribution in [0.5, 0.6) is 0 Å². The lowest BCUT2D eigenvalue weighted by Gasteiger charge is -2.55. The maximum absolute atomic E-state index is 12.6. The van der Waals surface area contributed by atoms with Gasteiger partial charge < -0.3 is 28.4 Å². The molecule has 2 heterocycles. The fraction of sp³-hybridized carbons (Fsp3) is 0.767. The fourth-order valence-electron chi connectivity index (χ4n) is 7.43. The van der Waals surface area contributed by atoms with Crippen LogP contribution >= 0.6 is 0 Å². The molecule has 10 atom stereocenters. The van der Waals surface area contributed by atoms with E-state index in [1.165, 1.54) is 34.6 Å². The van der Waals surface area contributed by atoms with Crippen LogP contribution in [0.1, 0.15) is 82.1 Å². The molecule has 2 bridgehead atoms. The molecule has 2 fully saturated rings. The molecule has 0 aromatic rings. The fourth-order valence-corrected chi connectivity index (χ4v) is 7.43. The molecule has 230 valence electrons. The lowest BCUT2D eigenvalue weighted by atomic mass is 9.55. The molecule has 0 spiro atoms. The molecule has 1 saturated carbocycles. The second-order valence-corrected chi connectivity index (χ2v) is 12.3. The average molecular weight is 581 g/mol. The van der Waals surface area contributed by atoms with Crippen molar-refractivity contribution in [2.45, 2.75) is 124 Å². The third-order valence-corrected chi connectivity index (χ3v) is 8.62. The summed E-state index contributed by atoms with van der Waals surface area (Å²) >= 11 is 0. The van der Waals surface area contributed by atoms with Crippen LogP contribution in [0.4, 0.5) is 0 Å². The first-order valence-electron chi connectivity index (χ1n) is 14.2. The Labute approximate surface area is 241 Å². The Kier molecular flexibility index (Phi) is 9.62. The number of carbonyl (C=O) groups is 5. The predicted octanol–water partition coefficient (Wildman–Crippen LogP) is 3.45. The van der Waals surface area contributed by atoms with Crippen molar-refractivity contribution in [1.29, 1.82) is 0 Å². The Bertz CT molecular complexity index is 1100. The van der Waals surface area contributed by atoms with E-state index in [0.717, 1.165) is 0 Å². The SMILES string of the molecule is CC(=O)O[C@H]1[C@H](C(C)C)[C@@H]2[C@@H]([C@H]3/C=C(/C)[C@@H](OC(C)=O)CC[C@@](C)(OC(C)=O)[C@@H]2O3)[C@](C)(OC(C)=O)[C@H]1OC(C)=O. The number of rotatable bonds is 6. The van der Waals surface area contributed by atoms with Crippen LogP contribution in [0.25, 0.3) is 0 Å². The average Bonchev–Trinajstić information content (AvgIpc) is 3.18. The van der Waals surface area contributed by atoms with Gasteiger partial charge in [0.2, 0.25) is 0 Å². The molecular weight excluding hydrogens is 536 g/mol. The molecule has 0 amide bonds. The van der Waals surface area contributed by atoms with Crippen molar-refractivity contribution >= 4 is 29.8 Å². The maximum atomic E-state index is 12.6. The number of esters is 5. The Morgan fingerprint density at radius 2 is 1.41 bits per heavy atom. The second-order valence-electron chi connectivity index (χ2n) is 12.3. The van der Waals surface area contributed by atoms with Crippen molar-refractivity contribution < 1.29 is 52.4 Å². The molecule has 0 unspecified atom stereocenters. The normalized spacial score (nSPS) is 39.5. The van der Waals surface area contributed by atoms with Crippen molar-refractivity contribution in [1.82, 2.24) is 0 Å². The maximum Gasteiger partial charge on any atom is 0.303 e. The van der Waals surface area contributed by atoms with Crippen LogP contribution in [0.2, 0.25) is 0 Å². The van der Waals surface area contributed by atoms with E-state index in [1.54, 1.807) is 13.8 Å². The Morgan fingerprint density at radius 1 is 0.854 bits per heavy atom. The van der Waals surface area contributed by atoms with Crippen molar-refractivity contribution in [2.75, 3.05) is 0 Å². The predicted molar refractivity (Wildman–Crippen MR) is 144 cm³/mol. The number of fused-ring (bicyclic) bond motifs is 5.